The van der Waals surface area contributed by atoms with Crippen molar-refractivity contribution in [1.29, 1.82) is 0 Å². The highest BCUT2D eigenvalue weighted by Crippen LogP contribution is 2.26. The van der Waals surface area contributed by atoms with Gasteiger partial charge in [-0.1, -0.05) is 17.3 Å². The third kappa shape index (κ3) is 5.35. The van der Waals surface area contributed by atoms with Gasteiger partial charge >= 0.3 is 0 Å². The molecule has 0 atom stereocenters. The van der Waals surface area contributed by atoms with Gasteiger partial charge in [0.1, 0.15) is 21.3 Å². The largest absolute Gasteiger partial charge is 0.497 e. The smallest absolute Gasteiger partial charge is 0.250 e. The van der Waals surface area contributed by atoms with E-state index in [1.54, 1.807) is 56.5 Å². The summed E-state index contributed by atoms with van der Waals surface area (Å²) in [7, 11) is -2.10. The molecule has 1 aromatic carbocycles. The van der Waals surface area contributed by atoms with E-state index in [4.69, 9.17) is 9.26 Å². The normalized spacial score (nSPS) is 11.7. The summed E-state index contributed by atoms with van der Waals surface area (Å²) in [6.07, 6.45) is 3.34. The number of rotatable bonds is 8. The predicted octanol–water partition coefficient (Wildman–Crippen LogP) is 3.66. The molecular weight excluding hydrogens is 426 g/mol. The molecular formula is C20H21N3O5S2. The molecule has 2 aromatic heterocycles. The quantitative estimate of drug-likeness (QED) is 0.545. The number of aryl methyl sites for hydroxylation is 1. The van der Waals surface area contributed by atoms with Gasteiger partial charge in [-0.2, -0.15) is 0 Å². The zero-order valence-electron chi connectivity index (χ0n) is 16.6. The predicted molar refractivity (Wildman–Crippen MR) is 116 cm³/mol. The Labute approximate surface area is 178 Å². The summed E-state index contributed by atoms with van der Waals surface area (Å²) >= 11 is 1.12. The zero-order chi connectivity index (χ0) is 21.7. The number of sulfonamides is 1. The number of amides is 1. The summed E-state index contributed by atoms with van der Waals surface area (Å²) < 4.78 is 38.3. The van der Waals surface area contributed by atoms with Gasteiger partial charge in [0.25, 0.3) is 0 Å². The molecule has 10 heteroatoms. The Morgan fingerprint density at radius 2 is 2.07 bits per heavy atom. The van der Waals surface area contributed by atoms with Crippen LogP contribution in [0.5, 0.6) is 5.75 Å². The van der Waals surface area contributed by atoms with Crippen LogP contribution in [-0.4, -0.2) is 26.6 Å². The highest BCUT2D eigenvalue weighted by Gasteiger charge is 2.17. The number of hydrogen-bond acceptors (Lipinski definition) is 7. The molecule has 0 saturated carbocycles. The second-order valence-electron chi connectivity index (χ2n) is 6.35. The average Bonchev–Trinajstić information content (AvgIpc) is 3.33. The van der Waals surface area contributed by atoms with Crippen LogP contribution in [0.3, 0.4) is 0 Å². The molecule has 30 heavy (non-hydrogen) atoms. The minimum absolute atomic E-state index is 0.153. The van der Waals surface area contributed by atoms with Gasteiger partial charge in [-0.05, 0) is 48.9 Å². The van der Waals surface area contributed by atoms with Crippen LogP contribution in [0.4, 0.5) is 5.69 Å². The minimum atomic E-state index is -3.66. The van der Waals surface area contributed by atoms with Crippen molar-refractivity contribution >= 4 is 45.1 Å². The molecule has 0 aliphatic rings. The second kappa shape index (κ2) is 9.24. The van der Waals surface area contributed by atoms with E-state index in [0.717, 1.165) is 16.9 Å². The molecule has 0 bridgehead atoms. The molecule has 0 spiro atoms. The number of ether oxygens (including phenoxy) is 1. The van der Waals surface area contributed by atoms with E-state index >= 15 is 0 Å². The monoisotopic (exact) mass is 447 g/mol. The summed E-state index contributed by atoms with van der Waals surface area (Å²) in [5.74, 6) is 0.816. The molecule has 3 rings (SSSR count). The van der Waals surface area contributed by atoms with E-state index in [9.17, 15) is 13.2 Å². The summed E-state index contributed by atoms with van der Waals surface area (Å²) in [5.41, 5.74) is 1.84. The molecule has 0 aliphatic heterocycles. The Bertz CT molecular complexity index is 1180. The molecule has 2 heterocycles. The molecule has 0 unspecified atom stereocenters. The maximum Gasteiger partial charge on any atom is 0.250 e. The van der Waals surface area contributed by atoms with Gasteiger partial charge in [0, 0.05) is 18.3 Å². The van der Waals surface area contributed by atoms with Crippen LogP contribution in [0.2, 0.25) is 0 Å². The molecule has 158 valence electrons. The van der Waals surface area contributed by atoms with Crippen LogP contribution in [0.1, 0.15) is 28.8 Å². The first-order valence-electron chi connectivity index (χ1n) is 8.93. The number of hydrogen-bond donors (Lipinski definition) is 2. The Morgan fingerprint density at radius 1 is 1.27 bits per heavy atom. The standard InChI is InChI=1S/C20H21N3O5S2/c1-13-20(22-14(2)24)18(28-23-13)9-7-17-8-10-19(29-17)30(25,26)21-12-15-5-4-6-16(11-15)27-3/h4-11,21H,12H2,1-3H3,(H,22,24). The van der Waals surface area contributed by atoms with Crippen molar-refractivity contribution in [2.75, 3.05) is 12.4 Å². The van der Waals surface area contributed by atoms with E-state index in [-0.39, 0.29) is 16.7 Å². The van der Waals surface area contributed by atoms with E-state index in [1.807, 2.05) is 6.07 Å². The number of aromatic nitrogens is 1. The molecule has 1 amide bonds. The van der Waals surface area contributed by atoms with Gasteiger partial charge in [-0.3, -0.25) is 4.79 Å². The summed E-state index contributed by atoms with van der Waals surface area (Å²) in [4.78, 5) is 12.0. The SMILES string of the molecule is COc1cccc(CNS(=O)(=O)c2ccc(C=Cc3onc(C)c3NC(C)=O)s2)c1. The highest BCUT2D eigenvalue weighted by atomic mass is 32.2. The van der Waals surface area contributed by atoms with Crippen molar-refractivity contribution in [2.24, 2.45) is 0 Å². The number of thiophene rings is 1. The van der Waals surface area contributed by atoms with Crippen LogP contribution < -0.4 is 14.8 Å². The molecule has 0 aliphatic carbocycles. The molecule has 2 N–H and O–H groups in total. The lowest BCUT2D eigenvalue weighted by Crippen LogP contribution is -2.22. The molecule has 0 fully saturated rings. The lowest BCUT2D eigenvalue weighted by molar-refractivity contribution is -0.114. The first kappa shape index (κ1) is 21.8. The number of nitrogens with zero attached hydrogens (tertiary/aromatic N) is 1. The van der Waals surface area contributed by atoms with Crippen LogP contribution >= 0.6 is 11.3 Å². The maximum atomic E-state index is 12.6. The number of methoxy groups -OCH3 is 1. The number of benzene rings is 1. The van der Waals surface area contributed by atoms with Crippen molar-refractivity contribution in [3.05, 3.63) is 58.3 Å². The Morgan fingerprint density at radius 3 is 2.80 bits per heavy atom. The summed E-state index contributed by atoms with van der Waals surface area (Å²) in [6.45, 7) is 3.27. The maximum absolute atomic E-state index is 12.6. The van der Waals surface area contributed by atoms with Crippen molar-refractivity contribution in [2.45, 2.75) is 24.6 Å². The van der Waals surface area contributed by atoms with Gasteiger partial charge in [0.15, 0.2) is 5.76 Å². The van der Waals surface area contributed by atoms with Gasteiger partial charge in [0.05, 0.1) is 7.11 Å². The van der Waals surface area contributed by atoms with Gasteiger partial charge < -0.3 is 14.6 Å². The first-order chi connectivity index (χ1) is 14.3. The number of nitrogens with one attached hydrogen (secondary N) is 2. The number of carbonyl (C=O) groups excluding carboxylic acids is 1. The van der Waals surface area contributed by atoms with Gasteiger partial charge in [-0.15, -0.1) is 11.3 Å². The van der Waals surface area contributed by atoms with Crippen molar-refractivity contribution < 1.29 is 22.5 Å². The average molecular weight is 448 g/mol. The number of anilines is 1. The van der Waals surface area contributed by atoms with Gasteiger partial charge in [-0.25, -0.2) is 13.1 Å². The molecule has 0 saturated heterocycles. The van der Waals surface area contributed by atoms with E-state index < -0.39 is 10.0 Å². The fraction of sp³-hybridized carbons (Fsp3) is 0.200. The molecule has 0 radical (unpaired) electrons. The fourth-order valence-corrected chi connectivity index (χ4v) is 4.88. The van der Waals surface area contributed by atoms with E-state index in [1.165, 1.54) is 6.92 Å². The Balaban J connectivity index is 1.71. The first-order valence-corrected chi connectivity index (χ1v) is 11.2. The molecule has 8 nitrogen and oxygen atoms in total. The topological polar surface area (TPSA) is 111 Å². The van der Waals surface area contributed by atoms with Crippen molar-refractivity contribution in [3.8, 4) is 5.75 Å². The molecule has 3 aromatic rings. The van der Waals surface area contributed by atoms with Crippen LogP contribution in [0.25, 0.3) is 12.2 Å². The summed E-state index contributed by atoms with van der Waals surface area (Å²) in [5, 5.41) is 6.51. The highest BCUT2D eigenvalue weighted by molar-refractivity contribution is 7.91. The lowest BCUT2D eigenvalue weighted by Gasteiger charge is -2.06. The van der Waals surface area contributed by atoms with Crippen LogP contribution in [0.15, 0.2) is 45.1 Å². The Kier molecular flexibility index (Phi) is 6.70. The van der Waals surface area contributed by atoms with Crippen molar-refractivity contribution in [1.82, 2.24) is 9.88 Å². The summed E-state index contributed by atoms with van der Waals surface area (Å²) in [6, 6.07) is 10.4. The third-order valence-corrected chi connectivity index (χ3v) is 7.00. The third-order valence-electron chi connectivity index (χ3n) is 4.06. The minimum Gasteiger partial charge on any atom is -0.497 e. The van der Waals surface area contributed by atoms with Crippen LogP contribution in [0, 0.1) is 6.92 Å². The second-order valence-corrected chi connectivity index (χ2v) is 9.46. The van der Waals surface area contributed by atoms with E-state index in [0.29, 0.717) is 27.8 Å². The van der Waals surface area contributed by atoms with Gasteiger partial charge in [0.2, 0.25) is 15.9 Å². The number of carbonyl (C=O) groups is 1. The van der Waals surface area contributed by atoms with E-state index in [2.05, 4.69) is 15.2 Å². The van der Waals surface area contributed by atoms with Crippen LogP contribution in [-0.2, 0) is 21.4 Å². The fourth-order valence-electron chi connectivity index (χ4n) is 2.59. The van der Waals surface area contributed by atoms with Crippen molar-refractivity contribution in [3.63, 3.8) is 0 Å². The zero-order valence-corrected chi connectivity index (χ0v) is 18.3. The lowest BCUT2D eigenvalue weighted by atomic mass is 10.2. The Hall–Kier alpha value is -2.95.